The summed E-state index contributed by atoms with van der Waals surface area (Å²) in [7, 11) is 0. The van der Waals surface area contributed by atoms with Gasteiger partial charge in [-0.1, -0.05) is 154 Å². The van der Waals surface area contributed by atoms with Crippen LogP contribution in [0.15, 0.2) is 0 Å². The zero-order valence-electron chi connectivity index (χ0n) is 29.4. The fourth-order valence-electron chi connectivity index (χ4n) is 5.42. The van der Waals surface area contributed by atoms with E-state index in [-0.39, 0.29) is 11.8 Å². The number of hydrogen-bond acceptors (Lipinski definition) is 2. The Bertz CT molecular complexity index is 691. The smallest absolute Gasteiger partial charge is 0.219 e. The quantitative estimate of drug-likeness (QED) is 0.0586. The average molecular weight is 613 g/mol. The zero-order valence-corrected chi connectivity index (χ0v) is 29.4. The third-order valence-electron chi connectivity index (χ3n) is 8.36. The van der Waals surface area contributed by atoms with Gasteiger partial charge in [0.2, 0.25) is 11.8 Å². The molecular weight excluding hydrogens is 540 g/mol. The lowest BCUT2D eigenvalue weighted by Gasteiger charge is -2.05. The molecule has 0 aromatic heterocycles. The molecule has 0 aliphatic rings. The van der Waals surface area contributed by atoms with Gasteiger partial charge in [0.05, 0.1) is 0 Å². The van der Waals surface area contributed by atoms with Crippen molar-refractivity contribution < 1.29 is 9.59 Å². The van der Waals surface area contributed by atoms with Crippen molar-refractivity contribution in [2.45, 2.75) is 206 Å². The first-order valence-corrected chi connectivity index (χ1v) is 19.2. The molecule has 0 unspecified atom stereocenters. The number of nitrogens with one attached hydrogen (secondary N) is 2. The minimum absolute atomic E-state index is 0.197. The van der Waals surface area contributed by atoms with Crippen molar-refractivity contribution >= 4 is 11.8 Å². The highest BCUT2D eigenvalue weighted by Gasteiger charge is 2.01. The predicted octanol–water partition coefficient (Wildman–Crippen LogP) is 11.0. The third kappa shape index (κ3) is 36.3. The fourth-order valence-corrected chi connectivity index (χ4v) is 5.42. The van der Waals surface area contributed by atoms with Gasteiger partial charge >= 0.3 is 0 Å². The molecule has 0 saturated heterocycles. The van der Waals surface area contributed by atoms with Crippen LogP contribution in [0.5, 0.6) is 0 Å². The van der Waals surface area contributed by atoms with E-state index >= 15 is 0 Å². The zero-order chi connectivity index (χ0) is 32.0. The summed E-state index contributed by atoms with van der Waals surface area (Å²) in [6.45, 7) is 6.19. The van der Waals surface area contributed by atoms with E-state index in [1.54, 1.807) is 0 Å². The number of amides is 2. The van der Waals surface area contributed by atoms with Gasteiger partial charge in [-0.25, -0.2) is 0 Å². The van der Waals surface area contributed by atoms with E-state index < -0.39 is 0 Å². The maximum atomic E-state index is 12.0. The van der Waals surface area contributed by atoms with E-state index in [2.05, 4.69) is 48.2 Å². The highest BCUT2D eigenvalue weighted by molar-refractivity contribution is 5.76. The highest BCUT2D eigenvalue weighted by Crippen LogP contribution is 2.11. The van der Waals surface area contributed by atoms with Crippen molar-refractivity contribution in [1.82, 2.24) is 10.6 Å². The van der Waals surface area contributed by atoms with E-state index in [0.717, 1.165) is 77.3 Å². The van der Waals surface area contributed by atoms with Gasteiger partial charge in [0.1, 0.15) is 0 Å². The van der Waals surface area contributed by atoms with Gasteiger partial charge in [-0.2, -0.15) is 0 Å². The molecule has 0 fully saturated rings. The third-order valence-corrected chi connectivity index (χ3v) is 8.36. The molecule has 0 aliphatic carbocycles. The molecule has 0 saturated carbocycles. The Kier molecular flexibility index (Phi) is 35.6. The molecule has 4 heteroatoms. The maximum absolute atomic E-state index is 12.0. The Morgan fingerprint density at radius 2 is 0.682 bits per heavy atom. The Morgan fingerprint density at radius 1 is 0.386 bits per heavy atom. The lowest BCUT2D eigenvalue weighted by molar-refractivity contribution is -0.122. The van der Waals surface area contributed by atoms with Crippen LogP contribution in [-0.4, -0.2) is 24.9 Å². The first-order valence-electron chi connectivity index (χ1n) is 19.2. The molecule has 4 nitrogen and oxygen atoms in total. The van der Waals surface area contributed by atoms with Crippen molar-refractivity contribution in [3.05, 3.63) is 0 Å². The number of hydrogen-bond donors (Lipinski definition) is 2. The Morgan fingerprint density at radius 3 is 1.02 bits per heavy atom. The second kappa shape index (κ2) is 37.2. The van der Waals surface area contributed by atoms with Crippen LogP contribution in [0.1, 0.15) is 206 Å². The van der Waals surface area contributed by atoms with Crippen LogP contribution in [0.2, 0.25) is 0 Å². The summed E-state index contributed by atoms with van der Waals surface area (Å²) in [6, 6.07) is 0. The Balaban J connectivity index is 3.39. The summed E-state index contributed by atoms with van der Waals surface area (Å²) in [5, 5.41) is 6.15. The number of carbonyl (C=O) groups excluding carboxylic acids is 2. The van der Waals surface area contributed by atoms with Crippen molar-refractivity contribution in [3.8, 4) is 23.7 Å². The molecule has 0 bridgehead atoms. The largest absolute Gasteiger partial charge is 0.356 e. The molecule has 0 aromatic carbocycles. The normalized spacial score (nSPS) is 10.5. The van der Waals surface area contributed by atoms with Gasteiger partial charge in [0, 0.05) is 38.8 Å². The van der Waals surface area contributed by atoms with E-state index in [1.165, 1.54) is 116 Å². The second-order valence-corrected chi connectivity index (χ2v) is 12.8. The molecule has 0 atom stereocenters. The second-order valence-electron chi connectivity index (χ2n) is 12.8. The van der Waals surface area contributed by atoms with Gasteiger partial charge < -0.3 is 10.6 Å². The van der Waals surface area contributed by atoms with Gasteiger partial charge in [0.15, 0.2) is 0 Å². The van der Waals surface area contributed by atoms with Gasteiger partial charge in [-0.05, 0) is 50.4 Å². The minimum Gasteiger partial charge on any atom is -0.356 e. The summed E-state index contributed by atoms with van der Waals surface area (Å²) in [4.78, 5) is 24.0. The molecule has 0 spiro atoms. The minimum atomic E-state index is 0.197. The van der Waals surface area contributed by atoms with Crippen molar-refractivity contribution in [2.75, 3.05) is 13.1 Å². The van der Waals surface area contributed by atoms with Crippen molar-refractivity contribution in [3.63, 3.8) is 0 Å². The summed E-state index contributed by atoms with van der Waals surface area (Å²) in [5.74, 6) is 12.6. The first-order chi connectivity index (χ1) is 21.7. The van der Waals surface area contributed by atoms with Crippen LogP contribution in [0, 0.1) is 23.7 Å². The molecule has 2 N–H and O–H groups in total. The number of carbonyl (C=O) groups is 2. The van der Waals surface area contributed by atoms with Crippen LogP contribution in [0.4, 0.5) is 0 Å². The Labute approximate surface area is 274 Å². The van der Waals surface area contributed by atoms with E-state index in [1.807, 2.05) is 0 Å². The maximum Gasteiger partial charge on any atom is 0.219 e. The van der Waals surface area contributed by atoms with E-state index in [4.69, 9.17) is 0 Å². The topological polar surface area (TPSA) is 58.2 Å². The van der Waals surface area contributed by atoms with Crippen LogP contribution in [-0.2, 0) is 9.59 Å². The summed E-state index contributed by atoms with van der Waals surface area (Å²) in [5.41, 5.74) is 0. The molecule has 254 valence electrons. The van der Waals surface area contributed by atoms with E-state index in [9.17, 15) is 9.59 Å². The molecular formula is C40H72N2O2. The lowest BCUT2D eigenvalue weighted by atomic mass is 10.1. The molecule has 0 rings (SSSR count). The average Bonchev–Trinajstić information content (AvgIpc) is 3.02. The Hall–Kier alpha value is -1.94. The fraction of sp³-hybridized carbons (Fsp3) is 0.850. The predicted molar refractivity (Wildman–Crippen MR) is 191 cm³/mol. The molecule has 44 heavy (non-hydrogen) atoms. The summed E-state index contributed by atoms with van der Waals surface area (Å²) in [6.07, 6.45) is 35.5. The van der Waals surface area contributed by atoms with Gasteiger partial charge in [-0.3, -0.25) is 9.59 Å². The van der Waals surface area contributed by atoms with Crippen LogP contribution in [0.3, 0.4) is 0 Å². The van der Waals surface area contributed by atoms with Crippen LogP contribution >= 0.6 is 0 Å². The standard InChI is InChI=1S/C40H72N2O2/c1-3-5-7-9-11-13-21-25-29-33-37-41-39(43)35-31-27-23-19-17-15-16-18-20-24-28-32-36-40(44)42-38-34-30-26-22-14-12-10-8-6-4-2/h3-14,19-38H2,1-2H3,(H,41,43)(H,42,44). The molecule has 2 amide bonds. The van der Waals surface area contributed by atoms with Crippen molar-refractivity contribution in [1.29, 1.82) is 0 Å². The molecule has 0 aliphatic heterocycles. The van der Waals surface area contributed by atoms with Crippen LogP contribution in [0.25, 0.3) is 0 Å². The monoisotopic (exact) mass is 613 g/mol. The first kappa shape index (κ1) is 42.1. The number of rotatable bonds is 32. The van der Waals surface area contributed by atoms with E-state index in [0.29, 0.717) is 12.8 Å². The van der Waals surface area contributed by atoms with Gasteiger partial charge in [0.25, 0.3) is 0 Å². The number of unbranched alkanes of at least 4 members (excludes halogenated alkanes) is 24. The molecule has 0 heterocycles. The highest BCUT2D eigenvalue weighted by atomic mass is 16.2. The van der Waals surface area contributed by atoms with Crippen LogP contribution < -0.4 is 10.6 Å². The SMILES string of the molecule is CCCCCCCCCCCCNC(=O)CCCCCC#CC#CCCCCCC(=O)NCCCCCCCCCCCC. The summed E-state index contributed by atoms with van der Waals surface area (Å²) >= 11 is 0. The lowest BCUT2D eigenvalue weighted by Crippen LogP contribution is -2.23. The summed E-state index contributed by atoms with van der Waals surface area (Å²) < 4.78 is 0. The molecule has 0 aromatic rings. The molecule has 0 radical (unpaired) electrons. The van der Waals surface area contributed by atoms with Crippen molar-refractivity contribution in [2.24, 2.45) is 0 Å². The van der Waals surface area contributed by atoms with Gasteiger partial charge in [-0.15, -0.1) is 0 Å².